The second-order valence-electron chi connectivity index (χ2n) is 2.94. The van der Waals surface area contributed by atoms with E-state index in [0.717, 1.165) is 19.3 Å². The predicted molar refractivity (Wildman–Crippen MR) is 39.2 cm³/mol. The molecule has 0 bridgehead atoms. The van der Waals surface area contributed by atoms with Gasteiger partial charge in [-0.3, -0.25) is 4.79 Å². The summed E-state index contributed by atoms with van der Waals surface area (Å²) in [7, 11) is 1.52. The standard InChI is InChI=1S/C7H13NO3/c1-11-7(3-2-4-7)5(8)6(9)10/h5H,2-4,8H2,1H3,(H,9,10). The molecule has 1 unspecified atom stereocenters. The van der Waals surface area contributed by atoms with Crippen molar-refractivity contribution in [2.24, 2.45) is 5.73 Å². The molecule has 1 aliphatic rings. The van der Waals surface area contributed by atoms with Crippen molar-refractivity contribution in [2.45, 2.75) is 30.9 Å². The number of carboxylic acid groups (broad SMARTS) is 1. The molecule has 0 aromatic carbocycles. The molecule has 1 aliphatic carbocycles. The number of hydrogen-bond donors (Lipinski definition) is 2. The number of rotatable bonds is 3. The predicted octanol–water partition coefficient (Wildman–Crippen LogP) is -0.0326. The van der Waals surface area contributed by atoms with Crippen LogP contribution >= 0.6 is 0 Å². The van der Waals surface area contributed by atoms with Crippen LogP contribution in [0, 0.1) is 0 Å². The molecule has 0 heterocycles. The van der Waals surface area contributed by atoms with Gasteiger partial charge in [-0.05, 0) is 19.3 Å². The van der Waals surface area contributed by atoms with Crippen LogP contribution in [0.5, 0.6) is 0 Å². The first-order valence-corrected chi connectivity index (χ1v) is 3.66. The van der Waals surface area contributed by atoms with Crippen LogP contribution < -0.4 is 5.73 Å². The van der Waals surface area contributed by atoms with Crippen LogP contribution in [0.1, 0.15) is 19.3 Å². The van der Waals surface area contributed by atoms with Gasteiger partial charge < -0.3 is 15.6 Å². The molecule has 64 valence electrons. The Labute approximate surface area is 65.3 Å². The van der Waals surface area contributed by atoms with Gasteiger partial charge >= 0.3 is 5.97 Å². The Morgan fingerprint density at radius 3 is 2.36 bits per heavy atom. The van der Waals surface area contributed by atoms with Gasteiger partial charge in [0.15, 0.2) is 0 Å². The Morgan fingerprint density at radius 2 is 2.27 bits per heavy atom. The zero-order chi connectivity index (χ0) is 8.48. The third-order valence-electron chi connectivity index (χ3n) is 2.44. The summed E-state index contributed by atoms with van der Waals surface area (Å²) in [6, 6.07) is -0.874. The maximum Gasteiger partial charge on any atom is 0.323 e. The Morgan fingerprint density at radius 1 is 1.73 bits per heavy atom. The Bertz CT molecular complexity index is 160. The van der Waals surface area contributed by atoms with E-state index in [-0.39, 0.29) is 0 Å². The van der Waals surface area contributed by atoms with Crippen molar-refractivity contribution in [3.63, 3.8) is 0 Å². The fourth-order valence-corrected chi connectivity index (χ4v) is 1.39. The minimum Gasteiger partial charge on any atom is -0.480 e. The van der Waals surface area contributed by atoms with Crippen molar-refractivity contribution < 1.29 is 14.6 Å². The lowest BCUT2D eigenvalue weighted by Crippen LogP contribution is -2.58. The van der Waals surface area contributed by atoms with E-state index >= 15 is 0 Å². The molecule has 1 saturated carbocycles. The lowest BCUT2D eigenvalue weighted by atomic mass is 9.75. The number of carbonyl (C=O) groups is 1. The molecule has 0 aliphatic heterocycles. The first-order valence-electron chi connectivity index (χ1n) is 3.66. The van der Waals surface area contributed by atoms with Crippen LogP contribution in [0.15, 0.2) is 0 Å². The number of ether oxygens (including phenoxy) is 1. The highest BCUT2D eigenvalue weighted by Gasteiger charge is 2.46. The van der Waals surface area contributed by atoms with Gasteiger partial charge in [0.25, 0.3) is 0 Å². The number of carboxylic acids is 1. The third kappa shape index (κ3) is 1.23. The summed E-state index contributed by atoms with van der Waals surface area (Å²) in [5.74, 6) is -0.980. The van der Waals surface area contributed by atoms with E-state index in [1.807, 2.05) is 0 Å². The van der Waals surface area contributed by atoms with E-state index in [4.69, 9.17) is 15.6 Å². The van der Waals surface area contributed by atoms with Crippen molar-refractivity contribution >= 4 is 5.97 Å². The van der Waals surface area contributed by atoms with Crippen molar-refractivity contribution in [3.05, 3.63) is 0 Å². The lowest BCUT2D eigenvalue weighted by molar-refractivity contribution is -0.154. The minimum absolute atomic E-state index is 0.578. The average Bonchev–Trinajstić information content (AvgIpc) is 1.86. The minimum atomic E-state index is -0.980. The first kappa shape index (κ1) is 8.49. The molecule has 1 fully saturated rings. The molecule has 4 heteroatoms. The molecule has 0 amide bonds. The largest absolute Gasteiger partial charge is 0.480 e. The molecular weight excluding hydrogens is 146 g/mol. The summed E-state index contributed by atoms with van der Waals surface area (Å²) in [6.45, 7) is 0. The number of methoxy groups -OCH3 is 1. The second kappa shape index (κ2) is 2.79. The highest BCUT2D eigenvalue weighted by atomic mass is 16.5. The van der Waals surface area contributed by atoms with Crippen LogP contribution in [0.3, 0.4) is 0 Å². The average molecular weight is 159 g/mol. The normalized spacial score (nSPS) is 23.8. The number of aliphatic carboxylic acids is 1. The van der Waals surface area contributed by atoms with Crippen molar-refractivity contribution in [1.29, 1.82) is 0 Å². The summed E-state index contributed by atoms with van der Waals surface area (Å²) in [6.07, 6.45) is 2.53. The van der Waals surface area contributed by atoms with E-state index in [9.17, 15) is 4.79 Å². The lowest BCUT2D eigenvalue weighted by Gasteiger charge is -2.42. The van der Waals surface area contributed by atoms with Crippen LogP contribution in [0.4, 0.5) is 0 Å². The molecule has 1 atom stereocenters. The monoisotopic (exact) mass is 159 g/mol. The van der Waals surface area contributed by atoms with Gasteiger partial charge in [-0.1, -0.05) is 0 Å². The van der Waals surface area contributed by atoms with E-state index in [0.29, 0.717) is 0 Å². The van der Waals surface area contributed by atoms with E-state index < -0.39 is 17.6 Å². The fraction of sp³-hybridized carbons (Fsp3) is 0.857. The number of nitrogens with two attached hydrogens (primary N) is 1. The van der Waals surface area contributed by atoms with Crippen molar-refractivity contribution in [2.75, 3.05) is 7.11 Å². The first-order chi connectivity index (χ1) is 5.12. The van der Waals surface area contributed by atoms with Gasteiger partial charge in [0.2, 0.25) is 0 Å². The summed E-state index contributed by atoms with van der Waals surface area (Å²) in [5, 5.41) is 8.61. The third-order valence-corrected chi connectivity index (χ3v) is 2.44. The van der Waals surface area contributed by atoms with E-state index in [1.54, 1.807) is 0 Å². The van der Waals surface area contributed by atoms with Gasteiger partial charge in [-0.2, -0.15) is 0 Å². The van der Waals surface area contributed by atoms with Crippen LogP contribution in [0.25, 0.3) is 0 Å². The van der Waals surface area contributed by atoms with Crippen LogP contribution in [-0.4, -0.2) is 29.8 Å². The van der Waals surface area contributed by atoms with Crippen molar-refractivity contribution in [3.8, 4) is 0 Å². The van der Waals surface area contributed by atoms with Gasteiger partial charge in [-0.25, -0.2) is 0 Å². The Hall–Kier alpha value is -0.610. The fourth-order valence-electron chi connectivity index (χ4n) is 1.39. The Kier molecular flexibility index (Phi) is 2.15. The summed E-state index contributed by atoms with van der Waals surface area (Å²) >= 11 is 0. The summed E-state index contributed by atoms with van der Waals surface area (Å²) in [4.78, 5) is 10.5. The van der Waals surface area contributed by atoms with Gasteiger partial charge in [0.1, 0.15) is 6.04 Å². The second-order valence-corrected chi connectivity index (χ2v) is 2.94. The van der Waals surface area contributed by atoms with Crippen LogP contribution in [0.2, 0.25) is 0 Å². The van der Waals surface area contributed by atoms with E-state index in [1.165, 1.54) is 7.11 Å². The number of hydrogen-bond acceptors (Lipinski definition) is 3. The van der Waals surface area contributed by atoms with Crippen molar-refractivity contribution in [1.82, 2.24) is 0 Å². The maximum absolute atomic E-state index is 10.5. The summed E-state index contributed by atoms with van der Waals surface area (Å²) < 4.78 is 5.09. The maximum atomic E-state index is 10.5. The van der Waals surface area contributed by atoms with Crippen LogP contribution in [-0.2, 0) is 9.53 Å². The molecule has 0 radical (unpaired) electrons. The Balaban J connectivity index is 2.61. The molecule has 0 spiro atoms. The molecule has 1 rings (SSSR count). The van der Waals surface area contributed by atoms with Gasteiger partial charge in [0.05, 0.1) is 5.60 Å². The molecule has 0 saturated heterocycles. The zero-order valence-corrected chi connectivity index (χ0v) is 6.54. The molecule has 11 heavy (non-hydrogen) atoms. The highest BCUT2D eigenvalue weighted by molar-refractivity contribution is 5.75. The highest BCUT2D eigenvalue weighted by Crippen LogP contribution is 2.37. The van der Waals surface area contributed by atoms with Gasteiger partial charge in [0, 0.05) is 7.11 Å². The smallest absolute Gasteiger partial charge is 0.323 e. The molecule has 0 aromatic rings. The SMILES string of the molecule is COC1(C(N)C(=O)O)CCC1. The summed E-state index contributed by atoms with van der Waals surface area (Å²) in [5.41, 5.74) is 4.87. The van der Waals surface area contributed by atoms with Gasteiger partial charge in [-0.15, -0.1) is 0 Å². The topological polar surface area (TPSA) is 72.5 Å². The zero-order valence-electron chi connectivity index (χ0n) is 6.54. The quantitative estimate of drug-likeness (QED) is 0.606. The molecule has 3 N–H and O–H groups in total. The molecular formula is C7H13NO3. The molecule has 0 aromatic heterocycles. The molecule has 4 nitrogen and oxygen atoms in total. The van der Waals surface area contributed by atoms with E-state index in [2.05, 4.69) is 0 Å².